The first-order valence-electron chi connectivity index (χ1n) is 6.67. The van der Waals surface area contributed by atoms with E-state index in [4.69, 9.17) is 4.74 Å². The second-order valence-corrected chi connectivity index (χ2v) is 4.64. The summed E-state index contributed by atoms with van der Waals surface area (Å²) >= 11 is 0. The van der Waals surface area contributed by atoms with Gasteiger partial charge in [0.05, 0.1) is 12.1 Å². The van der Waals surface area contributed by atoms with Gasteiger partial charge >= 0.3 is 0 Å². The maximum atomic E-state index is 11.9. The normalized spacial score (nSPS) is 10.7. The van der Waals surface area contributed by atoms with Gasteiger partial charge in [0.15, 0.2) is 5.82 Å². The molecule has 5 heteroatoms. The van der Waals surface area contributed by atoms with Crippen molar-refractivity contribution in [3.63, 3.8) is 0 Å². The Kier molecular flexibility index (Phi) is 3.93. The molecule has 0 radical (unpaired) electrons. The number of amides is 1. The predicted octanol–water partition coefficient (Wildman–Crippen LogP) is 2.72. The molecule has 2 N–H and O–H groups in total. The molecule has 0 atom stereocenters. The zero-order chi connectivity index (χ0) is 14.5. The maximum absolute atomic E-state index is 11.9. The number of carbonyl (C=O) groups excluding carboxylic acids is 1. The van der Waals surface area contributed by atoms with E-state index in [9.17, 15) is 4.79 Å². The fourth-order valence-electron chi connectivity index (χ4n) is 2.06. The molecular formula is C16H15N3O2. The van der Waals surface area contributed by atoms with Crippen LogP contribution >= 0.6 is 0 Å². The Morgan fingerprint density at radius 2 is 1.86 bits per heavy atom. The number of nitrogens with one attached hydrogen (secondary N) is 2. The van der Waals surface area contributed by atoms with E-state index >= 15 is 0 Å². The lowest BCUT2D eigenvalue weighted by Crippen LogP contribution is -2.18. The molecule has 0 saturated carbocycles. The number of rotatable bonds is 5. The van der Waals surface area contributed by atoms with Crippen molar-refractivity contribution in [3.05, 3.63) is 60.2 Å². The number of aromatic amines is 1. The van der Waals surface area contributed by atoms with Crippen LogP contribution in [0.15, 0.2) is 54.6 Å². The van der Waals surface area contributed by atoms with Crippen LogP contribution in [-0.4, -0.2) is 22.7 Å². The highest BCUT2D eigenvalue weighted by molar-refractivity contribution is 5.99. The molecule has 3 aromatic rings. The van der Waals surface area contributed by atoms with Crippen LogP contribution in [0, 0.1) is 0 Å². The van der Waals surface area contributed by atoms with Crippen molar-refractivity contribution < 1.29 is 9.53 Å². The van der Waals surface area contributed by atoms with Gasteiger partial charge in [-0.15, -0.1) is 0 Å². The first-order valence-corrected chi connectivity index (χ1v) is 6.67. The van der Waals surface area contributed by atoms with Gasteiger partial charge in [0.25, 0.3) is 5.91 Å². The number of aromatic nitrogens is 2. The standard InChI is InChI=1S/C16H15N3O2/c20-15(11-21-10-12-6-2-1-3-7-12)17-16-13-8-4-5-9-14(13)18-19-16/h1-9H,10-11H2,(H2,17,18,19,20). The van der Waals surface area contributed by atoms with Gasteiger partial charge < -0.3 is 10.1 Å². The predicted molar refractivity (Wildman–Crippen MR) is 80.8 cm³/mol. The molecule has 21 heavy (non-hydrogen) atoms. The smallest absolute Gasteiger partial charge is 0.251 e. The molecule has 0 unspecified atom stereocenters. The molecule has 0 aliphatic heterocycles. The van der Waals surface area contributed by atoms with Crippen LogP contribution in [0.5, 0.6) is 0 Å². The van der Waals surface area contributed by atoms with Crippen molar-refractivity contribution in [2.45, 2.75) is 6.61 Å². The molecule has 3 rings (SSSR count). The Hall–Kier alpha value is -2.66. The Labute approximate surface area is 121 Å². The van der Waals surface area contributed by atoms with E-state index in [1.54, 1.807) is 0 Å². The summed E-state index contributed by atoms with van der Waals surface area (Å²) in [5, 5.41) is 10.6. The minimum absolute atomic E-state index is 0.00389. The van der Waals surface area contributed by atoms with Crippen molar-refractivity contribution >= 4 is 22.6 Å². The summed E-state index contributed by atoms with van der Waals surface area (Å²) in [6.45, 7) is 0.408. The number of benzene rings is 2. The van der Waals surface area contributed by atoms with Crippen molar-refractivity contribution in [3.8, 4) is 0 Å². The molecule has 1 amide bonds. The van der Waals surface area contributed by atoms with Crippen LogP contribution in [0.25, 0.3) is 10.9 Å². The van der Waals surface area contributed by atoms with Gasteiger partial charge in [-0.25, -0.2) is 0 Å². The van der Waals surface area contributed by atoms with E-state index < -0.39 is 0 Å². The molecule has 0 fully saturated rings. The van der Waals surface area contributed by atoms with Gasteiger partial charge in [-0.2, -0.15) is 5.10 Å². The van der Waals surface area contributed by atoms with Crippen molar-refractivity contribution in [2.24, 2.45) is 0 Å². The highest BCUT2D eigenvalue weighted by atomic mass is 16.5. The fourth-order valence-corrected chi connectivity index (χ4v) is 2.06. The third kappa shape index (κ3) is 3.27. The number of anilines is 1. The molecule has 1 aromatic heterocycles. The molecule has 5 nitrogen and oxygen atoms in total. The second kappa shape index (κ2) is 6.19. The second-order valence-electron chi connectivity index (χ2n) is 4.64. The topological polar surface area (TPSA) is 67.0 Å². The number of carbonyl (C=O) groups is 1. The third-order valence-corrected chi connectivity index (χ3v) is 3.07. The number of nitrogens with zero attached hydrogens (tertiary/aromatic N) is 1. The van der Waals surface area contributed by atoms with E-state index in [2.05, 4.69) is 15.5 Å². The minimum Gasteiger partial charge on any atom is -0.367 e. The summed E-state index contributed by atoms with van der Waals surface area (Å²) in [5.74, 6) is 0.307. The molecule has 0 aliphatic carbocycles. The molecule has 2 aromatic carbocycles. The van der Waals surface area contributed by atoms with Crippen LogP contribution in [-0.2, 0) is 16.1 Å². The lowest BCUT2D eigenvalue weighted by molar-refractivity contribution is -0.121. The Balaban J connectivity index is 1.55. The average molecular weight is 281 g/mol. The molecule has 1 heterocycles. The molecule has 0 aliphatic rings. The summed E-state index contributed by atoms with van der Waals surface area (Å²) in [6.07, 6.45) is 0. The van der Waals surface area contributed by atoms with Crippen molar-refractivity contribution in [1.82, 2.24) is 10.2 Å². The SMILES string of the molecule is O=C(COCc1ccccc1)Nc1n[nH]c2ccccc12. The van der Waals surface area contributed by atoms with Crippen LogP contribution in [0.3, 0.4) is 0 Å². The van der Waals surface area contributed by atoms with E-state index in [1.807, 2.05) is 54.6 Å². The van der Waals surface area contributed by atoms with Crippen LogP contribution in [0.2, 0.25) is 0 Å². The summed E-state index contributed by atoms with van der Waals surface area (Å²) < 4.78 is 5.39. The van der Waals surface area contributed by atoms with Crippen molar-refractivity contribution in [2.75, 3.05) is 11.9 Å². The lowest BCUT2D eigenvalue weighted by Gasteiger charge is -2.04. The van der Waals surface area contributed by atoms with Crippen LogP contribution in [0.4, 0.5) is 5.82 Å². The number of para-hydroxylation sites is 1. The molecule has 0 spiro atoms. The first kappa shape index (κ1) is 13.3. The highest BCUT2D eigenvalue weighted by Crippen LogP contribution is 2.19. The number of hydrogen-bond donors (Lipinski definition) is 2. The zero-order valence-corrected chi connectivity index (χ0v) is 11.4. The maximum Gasteiger partial charge on any atom is 0.251 e. The largest absolute Gasteiger partial charge is 0.367 e. The summed E-state index contributed by atoms with van der Waals surface area (Å²) in [4.78, 5) is 11.9. The van der Waals surface area contributed by atoms with Gasteiger partial charge in [-0.05, 0) is 17.7 Å². The zero-order valence-electron chi connectivity index (χ0n) is 11.4. The van der Waals surface area contributed by atoms with Gasteiger partial charge in [-0.1, -0.05) is 42.5 Å². The number of ether oxygens (including phenoxy) is 1. The molecule has 106 valence electrons. The first-order chi connectivity index (χ1) is 10.3. The van der Waals surface area contributed by atoms with Crippen molar-refractivity contribution in [1.29, 1.82) is 0 Å². The Morgan fingerprint density at radius 3 is 2.71 bits per heavy atom. The molecular weight excluding hydrogens is 266 g/mol. The van der Waals surface area contributed by atoms with E-state index in [0.717, 1.165) is 16.5 Å². The number of hydrogen-bond acceptors (Lipinski definition) is 3. The van der Waals surface area contributed by atoms with Crippen LogP contribution < -0.4 is 5.32 Å². The van der Waals surface area contributed by atoms with Gasteiger partial charge in [0.2, 0.25) is 0 Å². The Morgan fingerprint density at radius 1 is 1.10 bits per heavy atom. The number of fused-ring (bicyclic) bond motifs is 1. The molecule has 0 bridgehead atoms. The minimum atomic E-state index is -0.219. The molecule has 0 saturated heterocycles. The van der Waals surface area contributed by atoms with E-state index in [-0.39, 0.29) is 12.5 Å². The van der Waals surface area contributed by atoms with E-state index in [0.29, 0.717) is 12.4 Å². The van der Waals surface area contributed by atoms with Gasteiger partial charge in [-0.3, -0.25) is 9.89 Å². The van der Waals surface area contributed by atoms with Gasteiger partial charge in [0.1, 0.15) is 6.61 Å². The monoisotopic (exact) mass is 281 g/mol. The van der Waals surface area contributed by atoms with Gasteiger partial charge in [0, 0.05) is 5.39 Å². The average Bonchev–Trinajstić information content (AvgIpc) is 2.92. The number of H-pyrrole nitrogens is 1. The lowest BCUT2D eigenvalue weighted by atomic mass is 10.2. The summed E-state index contributed by atoms with van der Waals surface area (Å²) in [7, 11) is 0. The quantitative estimate of drug-likeness (QED) is 0.755. The fraction of sp³-hybridized carbons (Fsp3) is 0.125. The highest BCUT2D eigenvalue weighted by Gasteiger charge is 2.08. The third-order valence-electron chi connectivity index (χ3n) is 3.07. The summed E-state index contributed by atoms with van der Waals surface area (Å²) in [6, 6.07) is 17.4. The van der Waals surface area contributed by atoms with E-state index in [1.165, 1.54) is 0 Å². The Bertz CT molecular complexity index is 737. The van der Waals surface area contributed by atoms with Crippen LogP contribution in [0.1, 0.15) is 5.56 Å². The summed E-state index contributed by atoms with van der Waals surface area (Å²) in [5.41, 5.74) is 1.92.